The molecule has 1 atom stereocenters. The molecule has 0 aliphatic carbocycles. The van der Waals surface area contributed by atoms with Crippen LogP contribution in [-0.2, 0) is 6.61 Å². The SMILES string of the molecule is COc1ccc(C=CC(O)c2ccc(OCc3ccccc3)cc2OC)c(OC)c1. The smallest absolute Gasteiger partial charge is 0.129 e. The lowest BCUT2D eigenvalue weighted by Gasteiger charge is -2.14. The lowest BCUT2D eigenvalue weighted by molar-refractivity contribution is 0.223. The van der Waals surface area contributed by atoms with Gasteiger partial charge in [0.05, 0.1) is 21.3 Å². The average Bonchev–Trinajstić information content (AvgIpc) is 2.81. The van der Waals surface area contributed by atoms with E-state index < -0.39 is 6.10 Å². The fourth-order valence-electron chi connectivity index (χ4n) is 3.02. The van der Waals surface area contributed by atoms with Gasteiger partial charge in [0.15, 0.2) is 0 Å². The van der Waals surface area contributed by atoms with Gasteiger partial charge in [0, 0.05) is 23.3 Å². The first kappa shape index (κ1) is 21.3. The van der Waals surface area contributed by atoms with Crippen LogP contribution in [0.15, 0.2) is 72.8 Å². The molecule has 30 heavy (non-hydrogen) atoms. The van der Waals surface area contributed by atoms with E-state index in [0.717, 1.165) is 11.1 Å². The molecule has 0 heterocycles. The van der Waals surface area contributed by atoms with Crippen LogP contribution in [0.1, 0.15) is 22.8 Å². The number of hydrogen-bond acceptors (Lipinski definition) is 5. The lowest BCUT2D eigenvalue weighted by atomic mass is 10.1. The van der Waals surface area contributed by atoms with Crippen LogP contribution < -0.4 is 18.9 Å². The van der Waals surface area contributed by atoms with Gasteiger partial charge < -0.3 is 24.1 Å². The normalized spacial score (nSPS) is 11.9. The zero-order chi connectivity index (χ0) is 21.3. The molecule has 0 saturated carbocycles. The van der Waals surface area contributed by atoms with E-state index in [1.54, 1.807) is 45.6 Å². The van der Waals surface area contributed by atoms with Gasteiger partial charge in [-0.3, -0.25) is 0 Å². The van der Waals surface area contributed by atoms with E-state index in [9.17, 15) is 5.11 Å². The third-order valence-corrected chi connectivity index (χ3v) is 4.67. The zero-order valence-electron chi connectivity index (χ0n) is 17.4. The Morgan fingerprint density at radius 2 is 1.50 bits per heavy atom. The van der Waals surface area contributed by atoms with E-state index in [4.69, 9.17) is 18.9 Å². The fourth-order valence-corrected chi connectivity index (χ4v) is 3.02. The summed E-state index contributed by atoms with van der Waals surface area (Å²) in [6.45, 7) is 0.461. The predicted octanol–water partition coefficient (Wildman–Crippen LogP) is 5.04. The third-order valence-electron chi connectivity index (χ3n) is 4.67. The Morgan fingerprint density at radius 1 is 0.800 bits per heavy atom. The Kier molecular flexibility index (Phi) is 7.35. The highest BCUT2D eigenvalue weighted by atomic mass is 16.5. The molecular weight excluding hydrogens is 380 g/mol. The van der Waals surface area contributed by atoms with Gasteiger partial charge >= 0.3 is 0 Å². The highest BCUT2D eigenvalue weighted by Gasteiger charge is 2.13. The first-order valence-corrected chi connectivity index (χ1v) is 9.57. The molecule has 0 radical (unpaired) electrons. The van der Waals surface area contributed by atoms with Crippen molar-refractivity contribution in [2.75, 3.05) is 21.3 Å². The first-order valence-electron chi connectivity index (χ1n) is 9.57. The summed E-state index contributed by atoms with van der Waals surface area (Å²) in [6, 6.07) is 20.9. The largest absolute Gasteiger partial charge is 0.497 e. The maximum atomic E-state index is 10.7. The molecular formula is C25H26O5. The molecule has 3 rings (SSSR count). The number of aliphatic hydroxyl groups excluding tert-OH is 1. The number of ether oxygens (including phenoxy) is 4. The van der Waals surface area contributed by atoms with Crippen molar-refractivity contribution in [2.45, 2.75) is 12.7 Å². The molecule has 156 valence electrons. The minimum Gasteiger partial charge on any atom is -0.497 e. The van der Waals surface area contributed by atoms with Crippen LogP contribution in [-0.4, -0.2) is 26.4 Å². The van der Waals surface area contributed by atoms with Gasteiger partial charge in [-0.1, -0.05) is 42.5 Å². The average molecular weight is 406 g/mol. The second kappa shape index (κ2) is 10.4. The minimum atomic E-state index is -0.852. The molecule has 5 heteroatoms. The summed E-state index contributed by atoms with van der Waals surface area (Å²) in [5.74, 6) is 2.60. The molecule has 0 fully saturated rings. The van der Waals surface area contributed by atoms with Crippen molar-refractivity contribution in [3.05, 3.63) is 89.5 Å². The highest BCUT2D eigenvalue weighted by molar-refractivity contribution is 5.60. The fraction of sp³-hybridized carbons (Fsp3) is 0.200. The van der Waals surface area contributed by atoms with E-state index in [-0.39, 0.29) is 0 Å². The maximum absolute atomic E-state index is 10.7. The number of rotatable bonds is 9. The van der Waals surface area contributed by atoms with Crippen molar-refractivity contribution >= 4 is 6.08 Å². The molecule has 3 aromatic carbocycles. The summed E-state index contributed by atoms with van der Waals surface area (Å²) in [7, 11) is 4.77. The Labute approximate surface area is 177 Å². The Bertz CT molecular complexity index is 982. The molecule has 0 spiro atoms. The second-order valence-electron chi connectivity index (χ2n) is 6.59. The molecule has 5 nitrogen and oxygen atoms in total. The van der Waals surface area contributed by atoms with Crippen LogP contribution >= 0.6 is 0 Å². The van der Waals surface area contributed by atoms with Gasteiger partial charge in [-0.2, -0.15) is 0 Å². The van der Waals surface area contributed by atoms with E-state index in [2.05, 4.69) is 0 Å². The molecule has 0 aliphatic heterocycles. The summed E-state index contributed by atoms with van der Waals surface area (Å²) in [5, 5.41) is 10.7. The van der Waals surface area contributed by atoms with Crippen LogP contribution in [0.3, 0.4) is 0 Å². The third kappa shape index (κ3) is 5.33. The Morgan fingerprint density at radius 3 is 2.20 bits per heavy atom. The van der Waals surface area contributed by atoms with E-state index >= 15 is 0 Å². The number of benzene rings is 3. The second-order valence-corrected chi connectivity index (χ2v) is 6.59. The lowest BCUT2D eigenvalue weighted by Crippen LogP contribution is -2.00. The van der Waals surface area contributed by atoms with Crippen molar-refractivity contribution in [1.82, 2.24) is 0 Å². The van der Waals surface area contributed by atoms with Gasteiger partial charge in [0.2, 0.25) is 0 Å². The van der Waals surface area contributed by atoms with Crippen LogP contribution in [0.4, 0.5) is 0 Å². The standard InChI is InChI=1S/C25H26O5/c1-27-20-11-9-19(24(15-20)28-2)10-14-23(26)22-13-12-21(16-25(22)29-3)30-17-18-7-5-4-6-8-18/h4-16,23,26H,17H2,1-3H3. The molecule has 0 saturated heterocycles. The highest BCUT2D eigenvalue weighted by Crippen LogP contribution is 2.32. The maximum Gasteiger partial charge on any atom is 0.129 e. The molecule has 1 unspecified atom stereocenters. The van der Waals surface area contributed by atoms with Crippen molar-refractivity contribution < 1.29 is 24.1 Å². The molecule has 3 aromatic rings. The summed E-state index contributed by atoms with van der Waals surface area (Å²) in [5.41, 5.74) is 2.56. The molecule has 0 aliphatic rings. The van der Waals surface area contributed by atoms with Crippen molar-refractivity contribution in [2.24, 2.45) is 0 Å². The monoisotopic (exact) mass is 406 g/mol. The predicted molar refractivity (Wildman–Crippen MR) is 117 cm³/mol. The first-order chi connectivity index (χ1) is 14.6. The molecule has 0 amide bonds. The van der Waals surface area contributed by atoms with Gasteiger partial charge in [0.25, 0.3) is 0 Å². The van der Waals surface area contributed by atoms with Crippen LogP contribution in [0, 0.1) is 0 Å². The molecule has 0 aromatic heterocycles. The van der Waals surface area contributed by atoms with Crippen LogP contribution in [0.2, 0.25) is 0 Å². The summed E-state index contributed by atoms with van der Waals surface area (Å²) in [6.07, 6.45) is 2.64. The van der Waals surface area contributed by atoms with Gasteiger partial charge in [-0.25, -0.2) is 0 Å². The van der Waals surface area contributed by atoms with Crippen molar-refractivity contribution in [3.8, 4) is 23.0 Å². The van der Waals surface area contributed by atoms with Gasteiger partial charge in [0.1, 0.15) is 35.7 Å². The van der Waals surface area contributed by atoms with Crippen LogP contribution in [0.5, 0.6) is 23.0 Å². The van der Waals surface area contributed by atoms with E-state index in [1.807, 2.05) is 54.6 Å². The summed E-state index contributed by atoms with van der Waals surface area (Å²) >= 11 is 0. The molecule has 1 N–H and O–H groups in total. The van der Waals surface area contributed by atoms with Gasteiger partial charge in [-0.15, -0.1) is 0 Å². The van der Waals surface area contributed by atoms with E-state index in [1.165, 1.54) is 0 Å². The van der Waals surface area contributed by atoms with Crippen molar-refractivity contribution in [1.29, 1.82) is 0 Å². The quantitative estimate of drug-likeness (QED) is 0.540. The molecule has 0 bridgehead atoms. The number of hydrogen-bond donors (Lipinski definition) is 1. The number of methoxy groups -OCH3 is 3. The van der Waals surface area contributed by atoms with Crippen molar-refractivity contribution in [3.63, 3.8) is 0 Å². The van der Waals surface area contributed by atoms with Crippen LogP contribution in [0.25, 0.3) is 6.08 Å². The summed E-state index contributed by atoms with van der Waals surface area (Å²) < 4.78 is 21.9. The van der Waals surface area contributed by atoms with E-state index in [0.29, 0.717) is 35.2 Å². The zero-order valence-corrected chi connectivity index (χ0v) is 17.4. The number of aliphatic hydroxyl groups is 1. The Balaban J connectivity index is 1.74. The minimum absolute atomic E-state index is 0.461. The van der Waals surface area contributed by atoms with Gasteiger partial charge in [-0.05, 0) is 29.8 Å². The topological polar surface area (TPSA) is 57.2 Å². The summed E-state index contributed by atoms with van der Waals surface area (Å²) in [4.78, 5) is 0. The Hall–Kier alpha value is -3.44.